The predicted molar refractivity (Wildman–Crippen MR) is 115 cm³/mol. The molecule has 0 aliphatic rings. The summed E-state index contributed by atoms with van der Waals surface area (Å²) in [6, 6.07) is 20.2. The van der Waals surface area contributed by atoms with Crippen LogP contribution in [0.1, 0.15) is 20.8 Å². The quantitative estimate of drug-likeness (QED) is 0.452. The second-order valence-corrected chi connectivity index (χ2v) is 13.6. The number of rotatable bonds is 8. The van der Waals surface area contributed by atoms with Crippen molar-refractivity contribution in [3.8, 4) is 0 Å². The molecule has 28 heavy (non-hydrogen) atoms. The highest BCUT2D eigenvalue weighted by Gasteiger charge is 2.50. The smallest absolute Gasteiger partial charge is 0.348 e. The van der Waals surface area contributed by atoms with Gasteiger partial charge in [0.1, 0.15) is 0 Å². The number of benzene rings is 2. The van der Waals surface area contributed by atoms with E-state index < -0.39 is 21.8 Å². The van der Waals surface area contributed by atoms with Gasteiger partial charge in [0.2, 0.25) is 0 Å². The van der Waals surface area contributed by atoms with Gasteiger partial charge in [-0.15, -0.1) is 0 Å². The van der Waals surface area contributed by atoms with Crippen LogP contribution in [-0.2, 0) is 8.99 Å². The number of hydrogen-bond acceptors (Lipinski definition) is 3. The van der Waals surface area contributed by atoms with Crippen molar-refractivity contribution in [1.82, 2.24) is 0 Å². The van der Waals surface area contributed by atoms with Crippen molar-refractivity contribution in [2.75, 3.05) is 13.2 Å². The highest BCUT2D eigenvalue weighted by atomic mass is 31.2. The van der Waals surface area contributed by atoms with E-state index in [1.807, 2.05) is 36.4 Å². The van der Waals surface area contributed by atoms with Crippen molar-refractivity contribution in [2.24, 2.45) is 5.92 Å². The van der Waals surface area contributed by atoms with Gasteiger partial charge in [0.15, 0.2) is 0 Å². The topological polar surface area (TPSA) is 87.0 Å². The molecule has 0 aromatic heterocycles. The Hall–Kier alpha value is -1.53. The van der Waals surface area contributed by atoms with Crippen molar-refractivity contribution in [3.63, 3.8) is 0 Å². The van der Waals surface area contributed by atoms with Gasteiger partial charge >= 0.3 is 7.60 Å². The van der Waals surface area contributed by atoms with Crippen molar-refractivity contribution >= 4 is 26.3 Å². The molecule has 0 saturated carbocycles. The molecule has 0 aliphatic carbocycles. The summed E-state index contributed by atoms with van der Waals surface area (Å²) in [7, 11) is -7.02. The summed E-state index contributed by atoms with van der Waals surface area (Å²) in [5.41, 5.74) is 0. The normalized spacial score (nSPS) is 14.4. The van der Waals surface area contributed by atoms with Crippen LogP contribution in [0.2, 0.25) is 5.04 Å². The van der Waals surface area contributed by atoms with Gasteiger partial charge in [0.25, 0.3) is 8.32 Å². The molecule has 0 fully saturated rings. The molecule has 0 bridgehead atoms. The third-order valence-electron chi connectivity index (χ3n) is 4.72. The summed E-state index contributed by atoms with van der Waals surface area (Å²) in [5.74, 6) is 0.331. The van der Waals surface area contributed by atoms with Gasteiger partial charge in [0.05, 0.1) is 6.61 Å². The van der Waals surface area contributed by atoms with E-state index >= 15 is 0 Å². The standard InChI is InChI=1S/C21H29O5PSi/c1-21(2,3)28(19-10-6-4-7-11-19,20-12-8-5-9-13-20)26-17-18(16-22)14-15-27(23,24)25/h4-15,18,22H,16-17H2,1-3H3,(H2,23,24,25)/b15-14+. The minimum absolute atomic E-state index is 0.167. The van der Waals surface area contributed by atoms with Crippen LogP contribution in [0.15, 0.2) is 72.6 Å². The minimum Gasteiger partial charge on any atom is -0.407 e. The highest BCUT2D eigenvalue weighted by molar-refractivity contribution is 7.55. The zero-order chi connectivity index (χ0) is 20.8. The van der Waals surface area contributed by atoms with Crippen LogP contribution in [0.5, 0.6) is 0 Å². The van der Waals surface area contributed by atoms with Crippen molar-refractivity contribution < 1.29 is 23.9 Å². The Morgan fingerprint density at radius 2 is 1.46 bits per heavy atom. The Kier molecular flexibility index (Phi) is 7.57. The SMILES string of the molecule is CC(C)(C)[Si](OCC(/C=C/P(=O)(O)O)CO)(c1ccccc1)c1ccccc1. The van der Waals surface area contributed by atoms with Crippen LogP contribution < -0.4 is 10.4 Å². The zero-order valence-corrected chi connectivity index (χ0v) is 18.4. The van der Waals surface area contributed by atoms with Crippen molar-refractivity contribution in [1.29, 1.82) is 0 Å². The van der Waals surface area contributed by atoms with E-state index in [9.17, 15) is 9.67 Å². The summed E-state index contributed by atoms with van der Waals surface area (Å²) in [5, 5.41) is 11.7. The van der Waals surface area contributed by atoms with Crippen LogP contribution >= 0.6 is 7.60 Å². The summed E-state index contributed by atoms with van der Waals surface area (Å²) >= 11 is 0. The molecule has 0 heterocycles. The molecule has 0 aliphatic heterocycles. The molecule has 0 spiro atoms. The second kappa shape index (κ2) is 9.31. The second-order valence-electron chi connectivity index (χ2n) is 7.85. The molecule has 152 valence electrons. The molecule has 1 unspecified atom stereocenters. The van der Waals surface area contributed by atoms with E-state index in [1.54, 1.807) is 0 Å². The minimum atomic E-state index is -4.28. The van der Waals surface area contributed by atoms with Gasteiger partial charge in [-0.2, -0.15) is 0 Å². The summed E-state index contributed by atoms with van der Waals surface area (Å²) < 4.78 is 17.8. The number of aliphatic hydroxyl groups excluding tert-OH is 1. The molecule has 3 N–H and O–H groups in total. The Bertz CT molecular complexity index is 772. The van der Waals surface area contributed by atoms with Gasteiger partial charge in [-0.25, -0.2) is 0 Å². The summed E-state index contributed by atoms with van der Waals surface area (Å²) in [6.45, 7) is 6.37. The molecule has 0 radical (unpaired) electrons. The van der Waals surface area contributed by atoms with E-state index in [4.69, 9.17) is 14.2 Å². The van der Waals surface area contributed by atoms with Gasteiger partial charge in [0, 0.05) is 18.3 Å². The van der Waals surface area contributed by atoms with Crippen LogP contribution in [0.3, 0.4) is 0 Å². The van der Waals surface area contributed by atoms with Crippen LogP contribution in [0, 0.1) is 5.92 Å². The van der Waals surface area contributed by atoms with Gasteiger partial charge < -0.3 is 19.3 Å². The third-order valence-corrected chi connectivity index (χ3v) is 10.3. The largest absolute Gasteiger partial charge is 0.407 e. The van der Waals surface area contributed by atoms with Crippen molar-refractivity contribution in [3.05, 3.63) is 72.6 Å². The van der Waals surface area contributed by atoms with Gasteiger partial charge in [-0.05, 0) is 15.4 Å². The monoisotopic (exact) mass is 420 g/mol. The number of hydrogen-bond donors (Lipinski definition) is 3. The molecule has 0 saturated heterocycles. The molecular formula is C21H29O5PSi. The van der Waals surface area contributed by atoms with Crippen LogP contribution in [0.25, 0.3) is 0 Å². The number of aliphatic hydroxyl groups is 1. The Morgan fingerprint density at radius 3 is 1.82 bits per heavy atom. The summed E-state index contributed by atoms with van der Waals surface area (Å²) in [4.78, 5) is 18.2. The van der Waals surface area contributed by atoms with Gasteiger partial charge in [-0.1, -0.05) is 87.5 Å². The first-order chi connectivity index (χ1) is 13.1. The van der Waals surface area contributed by atoms with Crippen LogP contribution in [0.4, 0.5) is 0 Å². The molecule has 5 nitrogen and oxygen atoms in total. The lowest BCUT2D eigenvalue weighted by atomic mass is 10.2. The fourth-order valence-corrected chi connectivity index (χ4v) is 8.48. The van der Waals surface area contributed by atoms with E-state index in [0.29, 0.717) is 0 Å². The molecule has 0 amide bonds. The Balaban J connectivity index is 2.50. The fraction of sp³-hybridized carbons (Fsp3) is 0.333. The first kappa shape index (κ1) is 22.8. The van der Waals surface area contributed by atoms with E-state index in [2.05, 4.69) is 45.0 Å². The lowest BCUT2D eigenvalue weighted by Crippen LogP contribution is -2.66. The van der Waals surface area contributed by atoms with Crippen molar-refractivity contribution in [2.45, 2.75) is 25.8 Å². The maximum absolute atomic E-state index is 11.1. The predicted octanol–water partition coefficient (Wildman–Crippen LogP) is 2.86. The maximum Gasteiger partial charge on any atom is 0.348 e. The average molecular weight is 421 g/mol. The molecule has 2 rings (SSSR count). The lowest BCUT2D eigenvalue weighted by molar-refractivity contribution is 0.184. The fourth-order valence-electron chi connectivity index (χ4n) is 3.40. The lowest BCUT2D eigenvalue weighted by Gasteiger charge is -2.43. The Morgan fingerprint density at radius 1 is 1.00 bits per heavy atom. The molecular weight excluding hydrogens is 391 g/mol. The highest BCUT2D eigenvalue weighted by Crippen LogP contribution is 2.38. The average Bonchev–Trinajstić information content (AvgIpc) is 2.64. The molecule has 2 aromatic carbocycles. The Labute approximate surface area is 168 Å². The molecule has 7 heteroatoms. The zero-order valence-electron chi connectivity index (χ0n) is 16.5. The molecule has 1 atom stereocenters. The van der Waals surface area contributed by atoms with E-state index in [0.717, 1.165) is 16.2 Å². The van der Waals surface area contributed by atoms with E-state index in [1.165, 1.54) is 6.08 Å². The first-order valence-corrected chi connectivity index (χ1v) is 12.8. The summed E-state index contributed by atoms with van der Waals surface area (Å²) in [6.07, 6.45) is 1.35. The van der Waals surface area contributed by atoms with Gasteiger partial charge in [-0.3, -0.25) is 4.57 Å². The molecule has 2 aromatic rings. The maximum atomic E-state index is 11.1. The van der Waals surface area contributed by atoms with E-state index in [-0.39, 0.29) is 18.3 Å². The third kappa shape index (κ3) is 5.51. The van der Waals surface area contributed by atoms with Crippen LogP contribution in [-0.4, -0.2) is 36.4 Å². The first-order valence-electron chi connectivity index (χ1n) is 9.20.